The molecule has 0 fully saturated rings. The number of amides is 1. The SMILES string of the molecule is CCN(CC)C(=O)c1ccc(S(=O)(=O)NCc2ccccc2Cl)cc1. The lowest BCUT2D eigenvalue weighted by molar-refractivity contribution is 0.0773. The number of hydrogen-bond donors (Lipinski definition) is 1. The fourth-order valence-corrected chi connectivity index (χ4v) is 3.58. The van der Waals surface area contributed by atoms with E-state index in [9.17, 15) is 13.2 Å². The molecule has 0 radical (unpaired) electrons. The number of halogens is 1. The molecule has 25 heavy (non-hydrogen) atoms. The van der Waals surface area contributed by atoms with E-state index in [0.717, 1.165) is 0 Å². The molecule has 1 amide bonds. The number of hydrogen-bond acceptors (Lipinski definition) is 3. The van der Waals surface area contributed by atoms with Crippen LogP contribution in [-0.4, -0.2) is 32.3 Å². The Morgan fingerprint density at radius 2 is 1.64 bits per heavy atom. The maximum Gasteiger partial charge on any atom is 0.253 e. The average Bonchev–Trinajstić information content (AvgIpc) is 2.62. The van der Waals surface area contributed by atoms with E-state index in [-0.39, 0.29) is 17.3 Å². The van der Waals surface area contributed by atoms with Gasteiger partial charge in [0, 0.05) is 30.2 Å². The molecule has 5 nitrogen and oxygen atoms in total. The molecule has 7 heteroatoms. The van der Waals surface area contributed by atoms with Crippen LogP contribution in [0.15, 0.2) is 53.4 Å². The summed E-state index contributed by atoms with van der Waals surface area (Å²) in [4.78, 5) is 14.0. The van der Waals surface area contributed by atoms with Crippen LogP contribution < -0.4 is 4.72 Å². The van der Waals surface area contributed by atoms with Gasteiger partial charge in [-0.1, -0.05) is 29.8 Å². The zero-order chi connectivity index (χ0) is 18.4. The fraction of sp³-hybridized carbons (Fsp3) is 0.278. The minimum Gasteiger partial charge on any atom is -0.339 e. The summed E-state index contributed by atoms with van der Waals surface area (Å²) in [6.07, 6.45) is 0. The van der Waals surface area contributed by atoms with E-state index in [0.29, 0.717) is 29.2 Å². The second-order valence-corrected chi connectivity index (χ2v) is 7.59. The Morgan fingerprint density at radius 3 is 2.20 bits per heavy atom. The smallest absolute Gasteiger partial charge is 0.253 e. The summed E-state index contributed by atoms with van der Waals surface area (Å²) in [6, 6.07) is 13.0. The standard InChI is InChI=1S/C18H21ClN2O3S/c1-3-21(4-2)18(22)14-9-11-16(12-10-14)25(23,24)20-13-15-7-5-6-8-17(15)19/h5-12,20H,3-4,13H2,1-2H3. The molecule has 0 heterocycles. The van der Waals surface area contributed by atoms with Gasteiger partial charge in [-0.3, -0.25) is 4.79 Å². The largest absolute Gasteiger partial charge is 0.339 e. The van der Waals surface area contributed by atoms with Gasteiger partial charge in [-0.2, -0.15) is 0 Å². The topological polar surface area (TPSA) is 66.5 Å². The van der Waals surface area contributed by atoms with Crippen molar-refractivity contribution in [1.29, 1.82) is 0 Å². The molecule has 0 aliphatic rings. The molecule has 0 unspecified atom stereocenters. The van der Waals surface area contributed by atoms with Crippen molar-refractivity contribution in [2.75, 3.05) is 13.1 Å². The van der Waals surface area contributed by atoms with Crippen LogP contribution in [0.3, 0.4) is 0 Å². The summed E-state index contributed by atoms with van der Waals surface area (Å²) >= 11 is 6.03. The van der Waals surface area contributed by atoms with Crippen LogP contribution >= 0.6 is 11.6 Å². The minimum absolute atomic E-state index is 0.0993. The quantitative estimate of drug-likeness (QED) is 0.801. The summed E-state index contributed by atoms with van der Waals surface area (Å²) in [7, 11) is -3.68. The van der Waals surface area contributed by atoms with Crippen molar-refractivity contribution in [3.8, 4) is 0 Å². The van der Waals surface area contributed by atoms with Crippen molar-refractivity contribution in [1.82, 2.24) is 9.62 Å². The Labute approximate surface area is 153 Å². The van der Waals surface area contributed by atoms with E-state index in [4.69, 9.17) is 11.6 Å². The second kappa shape index (κ2) is 8.47. The second-order valence-electron chi connectivity index (χ2n) is 5.42. The zero-order valence-electron chi connectivity index (χ0n) is 14.2. The number of benzene rings is 2. The van der Waals surface area contributed by atoms with E-state index < -0.39 is 10.0 Å². The Kier molecular flexibility index (Phi) is 6.58. The van der Waals surface area contributed by atoms with Crippen molar-refractivity contribution < 1.29 is 13.2 Å². The van der Waals surface area contributed by atoms with E-state index in [2.05, 4.69) is 4.72 Å². The first-order chi connectivity index (χ1) is 11.9. The lowest BCUT2D eigenvalue weighted by Gasteiger charge is -2.18. The monoisotopic (exact) mass is 380 g/mol. The molecule has 0 aliphatic heterocycles. The molecule has 0 aromatic heterocycles. The number of rotatable bonds is 7. The molecule has 2 aromatic carbocycles. The number of sulfonamides is 1. The summed E-state index contributed by atoms with van der Waals surface area (Å²) in [6.45, 7) is 5.11. The molecule has 0 bridgehead atoms. The van der Waals surface area contributed by atoms with E-state index in [1.54, 1.807) is 29.2 Å². The van der Waals surface area contributed by atoms with Crippen LogP contribution in [0.5, 0.6) is 0 Å². The van der Waals surface area contributed by atoms with E-state index in [1.165, 1.54) is 24.3 Å². The molecule has 0 aliphatic carbocycles. The fourth-order valence-electron chi connectivity index (χ4n) is 2.37. The maximum absolute atomic E-state index is 12.4. The number of nitrogens with one attached hydrogen (secondary N) is 1. The highest BCUT2D eigenvalue weighted by Crippen LogP contribution is 2.17. The summed E-state index contributed by atoms with van der Waals surface area (Å²) in [5.41, 5.74) is 1.16. The van der Waals surface area contributed by atoms with Crippen LogP contribution in [0.2, 0.25) is 5.02 Å². The van der Waals surface area contributed by atoms with Gasteiger partial charge in [-0.05, 0) is 49.7 Å². The van der Waals surface area contributed by atoms with Crippen molar-refractivity contribution >= 4 is 27.5 Å². The maximum atomic E-state index is 12.4. The molecule has 0 spiro atoms. The first-order valence-corrected chi connectivity index (χ1v) is 9.87. The van der Waals surface area contributed by atoms with Crippen molar-refractivity contribution in [2.45, 2.75) is 25.3 Å². The lowest BCUT2D eigenvalue weighted by atomic mass is 10.2. The predicted molar refractivity (Wildman–Crippen MR) is 99.2 cm³/mol. The number of nitrogens with zero attached hydrogens (tertiary/aromatic N) is 1. The highest BCUT2D eigenvalue weighted by atomic mass is 35.5. The minimum atomic E-state index is -3.68. The van der Waals surface area contributed by atoms with Gasteiger partial charge in [-0.15, -0.1) is 0 Å². The third-order valence-electron chi connectivity index (χ3n) is 3.87. The van der Waals surface area contributed by atoms with Crippen LogP contribution in [-0.2, 0) is 16.6 Å². The normalized spacial score (nSPS) is 11.3. The van der Waals surface area contributed by atoms with Crippen molar-refractivity contribution in [3.63, 3.8) is 0 Å². The first kappa shape index (κ1) is 19.4. The Balaban J connectivity index is 2.12. The molecule has 1 N–H and O–H groups in total. The van der Waals surface area contributed by atoms with E-state index >= 15 is 0 Å². The molecule has 0 atom stereocenters. The van der Waals surface area contributed by atoms with Gasteiger partial charge in [0.1, 0.15) is 0 Å². The van der Waals surface area contributed by atoms with Gasteiger partial charge >= 0.3 is 0 Å². The molecular weight excluding hydrogens is 360 g/mol. The Hall–Kier alpha value is -1.89. The van der Waals surface area contributed by atoms with Gasteiger partial charge in [0.2, 0.25) is 10.0 Å². The summed E-state index contributed by atoms with van der Waals surface area (Å²) < 4.78 is 27.3. The van der Waals surface area contributed by atoms with Gasteiger partial charge in [0.15, 0.2) is 0 Å². The van der Waals surface area contributed by atoms with Crippen molar-refractivity contribution in [3.05, 3.63) is 64.7 Å². The molecule has 134 valence electrons. The lowest BCUT2D eigenvalue weighted by Crippen LogP contribution is -2.30. The average molecular weight is 381 g/mol. The van der Waals surface area contributed by atoms with Gasteiger partial charge in [0.25, 0.3) is 5.91 Å². The predicted octanol–water partition coefficient (Wildman–Crippen LogP) is 3.30. The first-order valence-electron chi connectivity index (χ1n) is 8.01. The number of carbonyl (C=O) groups is 1. The summed E-state index contributed by atoms with van der Waals surface area (Å²) in [5.74, 6) is -0.113. The highest BCUT2D eigenvalue weighted by Gasteiger charge is 2.17. The van der Waals surface area contributed by atoms with Crippen LogP contribution in [0.1, 0.15) is 29.8 Å². The molecule has 2 rings (SSSR count). The van der Waals surface area contributed by atoms with Crippen LogP contribution in [0.25, 0.3) is 0 Å². The molecule has 0 saturated heterocycles. The zero-order valence-corrected chi connectivity index (χ0v) is 15.8. The summed E-state index contributed by atoms with van der Waals surface area (Å²) in [5, 5.41) is 0.505. The third-order valence-corrected chi connectivity index (χ3v) is 5.66. The third kappa shape index (κ3) is 4.81. The molecular formula is C18H21ClN2O3S. The Bertz CT molecular complexity index is 832. The van der Waals surface area contributed by atoms with Crippen molar-refractivity contribution in [2.24, 2.45) is 0 Å². The van der Waals surface area contributed by atoms with Crippen LogP contribution in [0, 0.1) is 0 Å². The molecule has 2 aromatic rings. The Morgan fingerprint density at radius 1 is 1.04 bits per heavy atom. The number of carbonyl (C=O) groups excluding carboxylic acids is 1. The highest BCUT2D eigenvalue weighted by molar-refractivity contribution is 7.89. The molecule has 0 saturated carbocycles. The van der Waals surface area contributed by atoms with E-state index in [1.807, 2.05) is 13.8 Å². The van der Waals surface area contributed by atoms with Gasteiger partial charge < -0.3 is 4.90 Å². The van der Waals surface area contributed by atoms with Gasteiger partial charge in [0.05, 0.1) is 4.90 Å². The van der Waals surface area contributed by atoms with Gasteiger partial charge in [-0.25, -0.2) is 13.1 Å². The van der Waals surface area contributed by atoms with Crippen LogP contribution in [0.4, 0.5) is 0 Å².